The molecule has 4 nitrogen and oxygen atoms in total. The molecule has 2 aromatic rings. The number of likely N-dealkylation sites (tertiary alicyclic amines) is 1. The summed E-state index contributed by atoms with van der Waals surface area (Å²) in [7, 11) is 0. The highest BCUT2D eigenvalue weighted by molar-refractivity contribution is 5.94. The Labute approximate surface area is 143 Å². The zero-order valence-corrected chi connectivity index (χ0v) is 14.6. The Morgan fingerprint density at radius 3 is 2.83 bits per heavy atom. The summed E-state index contributed by atoms with van der Waals surface area (Å²) >= 11 is 0. The molecule has 24 heavy (non-hydrogen) atoms. The largest absolute Gasteiger partial charge is 0.337 e. The number of amides is 1. The van der Waals surface area contributed by atoms with Crippen molar-refractivity contribution in [3.05, 3.63) is 46.8 Å². The SMILES string of the molecule is Cc1ccccc1-n1nc(C(=O)N2CCC[C@@H](C)C2)c2c1CCC2. The van der Waals surface area contributed by atoms with Gasteiger partial charge in [0, 0.05) is 24.3 Å². The number of carbonyl (C=O) groups excluding carboxylic acids is 1. The monoisotopic (exact) mass is 323 g/mol. The Morgan fingerprint density at radius 2 is 2.04 bits per heavy atom. The van der Waals surface area contributed by atoms with Crippen LogP contribution in [0, 0.1) is 12.8 Å². The number of nitrogens with zero attached hydrogens (tertiary/aromatic N) is 3. The molecule has 1 aliphatic carbocycles. The molecule has 1 fully saturated rings. The van der Waals surface area contributed by atoms with E-state index in [0.29, 0.717) is 11.6 Å². The molecule has 4 rings (SSSR count). The van der Waals surface area contributed by atoms with Crippen molar-refractivity contribution in [2.45, 2.75) is 46.0 Å². The van der Waals surface area contributed by atoms with Crippen LogP contribution in [0.3, 0.4) is 0 Å². The maximum atomic E-state index is 13.1. The van der Waals surface area contributed by atoms with Crippen LogP contribution in [0.25, 0.3) is 5.69 Å². The van der Waals surface area contributed by atoms with Crippen LogP contribution in [-0.2, 0) is 12.8 Å². The van der Waals surface area contributed by atoms with Gasteiger partial charge in [0.05, 0.1) is 5.69 Å². The first-order valence-corrected chi connectivity index (χ1v) is 9.11. The van der Waals surface area contributed by atoms with Gasteiger partial charge in [0.1, 0.15) is 0 Å². The second-order valence-electron chi connectivity index (χ2n) is 7.32. The highest BCUT2D eigenvalue weighted by Gasteiger charge is 2.31. The molecule has 0 N–H and O–H groups in total. The molecule has 2 aliphatic rings. The molecule has 1 aliphatic heterocycles. The number of aryl methyl sites for hydroxylation is 1. The van der Waals surface area contributed by atoms with Gasteiger partial charge in [0.2, 0.25) is 0 Å². The molecular weight excluding hydrogens is 298 g/mol. The van der Waals surface area contributed by atoms with Crippen molar-refractivity contribution < 1.29 is 4.79 Å². The van der Waals surface area contributed by atoms with Crippen molar-refractivity contribution in [1.82, 2.24) is 14.7 Å². The lowest BCUT2D eigenvalue weighted by Crippen LogP contribution is -2.39. The van der Waals surface area contributed by atoms with Gasteiger partial charge in [0.15, 0.2) is 5.69 Å². The Kier molecular flexibility index (Phi) is 3.91. The number of fused-ring (bicyclic) bond motifs is 1. The topological polar surface area (TPSA) is 38.1 Å². The number of benzene rings is 1. The third-order valence-corrected chi connectivity index (χ3v) is 5.42. The summed E-state index contributed by atoms with van der Waals surface area (Å²) in [5.41, 5.74) is 5.40. The summed E-state index contributed by atoms with van der Waals surface area (Å²) in [6, 6.07) is 8.28. The van der Waals surface area contributed by atoms with Crippen molar-refractivity contribution in [2.24, 2.45) is 5.92 Å². The third kappa shape index (κ3) is 2.54. The average molecular weight is 323 g/mol. The maximum Gasteiger partial charge on any atom is 0.274 e. The lowest BCUT2D eigenvalue weighted by atomic mass is 10.00. The molecule has 126 valence electrons. The van der Waals surface area contributed by atoms with E-state index in [4.69, 9.17) is 5.10 Å². The summed E-state index contributed by atoms with van der Waals surface area (Å²) < 4.78 is 2.03. The Hall–Kier alpha value is -2.10. The first-order valence-electron chi connectivity index (χ1n) is 9.11. The number of rotatable bonds is 2. The predicted octanol–water partition coefficient (Wildman–Crippen LogP) is 3.54. The zero-order chi connectivity index (χ0) is 16.7. The lowest BCUT2D eigenvalue weighted by Gasteiger charge is -2.30. The van der Waals surface area contributed by atoms with Crippen LogP contribution in [0.2, 0.25) is 0 Å². The third-order valence-electron chi connectivity index (χ3n) is 5.42. The van der Waals surface area contributed by atoms with Gasteiger partial charge < -0.3 is 4.90 Å². The van der Waals surface area contributed by atoms with E-state index >= 15 is 0 Å². The van der Waals surface area contributed by atoms with Crippen molar-refractivity contribution in [1.29, 1.82) is 0 Å². The van der Waals surface area contributed by atoms with Gasteiger partial charge in [-0.1, -0.05) is 25.1 Å². The van der Waals surface area contributed by atoms with Gasteiger partial charge in [-0.25, -0.2) is 4.68 Å². The molecule has 0 unspecified atom stereocenters. The molecular formula is C20H25N3O. The first-order chi connectivity index (χ1) is 11.6. The molecule has 0 radical (unpaired) electrons. The molecule has 0 saturated carbocycles. The van der Waals surface area contributed by atoms with E-state index in [1.54, 1.807) is 0 Å². The highest BCUT2D eigenvalue weighted by Crippen LogP contribution is 2.30. The second kappa shape index (κ2) is 6.08. The standard InChI is InChI=1S/C20H25N3O/c1-14-7-6-12-22(13-14)20(24)19-16-9-5-11-18(16)23(21-19)17-10-4-3-8-15(17)2/h3-4,8,10,14H,5-7,9,11-13H2,1-2H3/t14-/m1/s1. The van der Waals surface area contributed by atoms with Crippen molar-refractivity contribution in [3.63, 3.8) is 0 Å². The van der Waals surface area contributed by atoms with Gasteiger partial charge in [0.25, 0.3) is 5.91 Å². The van der Waals surface area contributed by atoms with Crippen LogP contribution in [-0.4, -0.2) is 33.7 Å². The molecule has 1 aromatic carbocycles. The van der Waals surface area contributed by atoms with Crippen LogP contribution in [0.1, 0.15) is 53.5 Å². The fourth-order valence-electron chi connectivity index (χ4n) is 4.13. The van der Waals surface area contributed by atoms with E-state index in [1.807, 2.05) is 21.7 Å². The second-order valence-corrected chi connectivity index (χ2v) is 7.32. The normalized spacial score (nSPS) is 20.2. The minimum atomic E-state index is 0.132. The molecule has 1 atom stereocenters. The van der Waals surface area contributed by atoms with Crippen LogP contribution in [0.4, 0.5) is 0 Å². The Balaban J connectivity index is 1.74. The van der Waals surface area contributed by atoms with Crippen molar-refractivity contribution >= 4 is 5.91 Å². The maximum absolute atomic E-state index is 13.1. The number of para-hydroxylation sites is 1. The molecule has 4 heteroatoms. The fraction of sp³-hybridized carbons (Fsp3) is 0.500. The zero-order valence-electron chi connectivity index (χ0n) is 14.6. The van der Waals surface area contributed by atoms with Crippen LogP contribution < -0.4 is 0 Å². The van der Waals surface area contributed by atoms with Crippen LogP contribution in [0.15, 0.2) is 24.3 Å². The molecule has 1 saturated heterocycles. The molecule has 0 spiro atoms. The summed E-state index contributed by atoms with van der Waals surface area (Å²) in [4.78, 5) is 15.1. The number of hydrogen-bond donors (Lipinski definition) is 0. The summed E-state index contributed by atoms with van der Waals surface area (Å²) in [6.45, 7) is 6.07. The van der Waals surface area contributed by atoms with Gasteiger partial charge in [-0.3, -0.25) is 4.79 Å². The van der Waals surface area contributed by atoms with E-state index in [1.165, 1.54) is 23.2 Å². The summed E-state index contributed by atoms with van der Waals surface area (Å²) in [5.74, 6) is 0.723. The minimum Gasteiger partial charge on any atom is -0.337 e. The first kappa shape index (κ1) is 15.4. The van der Waals surface area contributed by atoms with Crippen molar-refractivity contribution in [3.8, 4) is 5.69 Å². The van der Waals surface area contributed by atoms with Gasteiger partial charge in [-0.05, 0) is 56.6 Å². The average Bonchev–Trinajstić information content (AvgIpc) is 3.17. The van der Waals surface area contributed by atoms with E-state index < -0.39 is 0 Å². The highest BCUT2D eigenvalue weighted by atomic mass is 16.2. The van der Waals surface area contributed by atoms with E-state index in [2.05, 4.69) is 26.0 Å². The summed E-state index contributed by atoms with van der Waals surface area (Å²) in [6.07, 6.45) is 5.44. The van der Waals surface area contributed by atoms with Gasteiger partial charge >= 0.3 is 0 Å². The molecule has 2 heterocycles. The number of hydrogen-bond acceptors (Lipinski definition) is 2. The molecule has 1 amide bonds. The smallest absolute Gasteiger partial charge is 0.274 e. The Morgan fingerprint density at radius 1 is 1.21 bits per heavy atom. The number of aromatic nitrogens is 2. The molecule has 1 aromatic heterocycles. The summed E-state index contributed by atoms with van der Waals surface area (Å²) in [5, 5.41) is 4.79. The minimum absolute atomic E-state index is 0.132. The van der Waals surface area contributed by atoms with Crippen molar-refractivity contribution in [2.75, 3.05) is 13.1 Å². The van der Waals surface area contributed by atoms with Crippen LogP contribution >= 0.6 is 0 Å². The van der Waals surface area contributed by atoms with Gasteiger partial charge in [-0.2, -0.15) is 5.10 Å². The Bertz CT molecular complexity index is 777. The van der Waals surface area contributed by atoms with Gasteiger partial charge in [-0.15, -0.1) is 0 Å². The quantitative estimate of drug-likeness (QED) is 0.848. The van der Waals surface area contributed by atoms with E-state index in [9.17, 15) is 4.79 Å². The van der Waals surface area contributed by atoms with Crippen LogP contribution in [0.5, 0.6) is 0 Å². The van der Waals surface area contributed by atoms with E-state index in [0.717, 1.165) is 44.5 Å². The fourth-order valence-corrected chi connectivity index (χ4v) is 4.13. The van der Waals surface area contributed by atoms with E-state index in [-0.39, 0.29) is 5.91 Å². The predicted molar refractivity (Wildman–Crippen MR) is 94.6 cm³/mol. The lowest BCUT2D eigenvalue weighted by molar-refractivity contribution is 0.0675. The molecule has 0 bridgehead atoms. The number of carbonyl (C=O) groups is 1. The number of piperidine rings is 1.